The number of nitro groups is 1. The van der Waals surface area contributed by atoms with Crippen LogP contribution in [0.5, 0.6) is 5.88 Å². The Morgan fingerprint density at radius 2 is 2.29 bits per heavy atom. The van der Waals surface area contributed by atoms with Crippen molar-refractivity contribution in [3.8, 4) is 5.88 Å². The van der Waals surface area contributed by atoms with Gasteiger partial charge < -0.3 is 10.5 Å². The van der Waals surface area contributed by atoms with Crippen molar-refractivity contribution < 1.29 is 9.66 Å². The summed E-state index contributed by atoms with van der Waals surface area (Å²) in [5.74, 6) is 0.238. The molecule has 0 spiro atoms. The van der Waals surface area contributed by atoms with Gasteiger partial charge in [0.2, 0.25) is 0 Å². The van der Waals surface area contributed by atoms with E-state index >= 15 is 0 Å². The normalized spacial score (nSPS) is 21.5. The summed E-state index contributed by atoms with van der Waals surface area (Å²) in [4.78, 5) is 14.2. The summed E-state index contributed by atoms with van der Waals surface area (Å²) in [6.07, 6.45) is 1.90. The van der Waals surface area contributed by atoms with Crippen molar-refractivity contribution in [1.82, 2.24) is 9.78 Å². The minimum Gasteiger partial charge on any atom is -0.472 e. The fourth-order valence-electron chi connectivity index (χ4n) is 2.24. The van der Waals surface area contributed by atoms with E-state index in [1.165, 1.54) is 11.6 Å². The zero-order valence-electron chi connectivity index (χ0n) is 12.4. The largest absolute Gasteiger partial charge is 0.472 e. The van der Waals surface area contributed by atoms with Gasteiger partial charge in [-0.25, -0.2) is 6.57 Å². The molecular weight excluding hydrogens is 274 g/mol. The highest BCUT2D eigenvalue weighted by Crippen LogP contribution is 2.36. The summed E-state index contributed by atoms with van der Waals surface area (Å²) in [7, 11) is 0. The Bertz CT molecular complexity index is 602. The number of ether oxygens (including phenoxy) is 1. The highest BCUT2D eigenvalue weighted by molar-refractivity contribution is 5.46. The van der Waals surface area contributed by atoms with Gasteiger partial charge in [-0.05, 0) is 19.8 Å². The monoisotopic (exact) mass is 293 g/mol. The molecule has 21 heavy (non-hydrogen) atoms. The summed E-state index contributed by atoms with van der Waals surface area (Å²) in [5, 5.41) is 15.4. The molecule has 0 aliphatic heterocycles. The van der Waals surface area contributed by atoms with Gasteiger partial charge in [0.15, 0.2) is 0 Å². The molecule has 2 atom stereocenters. The average Bonchev–Trinajstić information content (AvgIpc) is 2.75. The van der Waals surface area contributed by atoms with Gasteiger partial charge in [0.25, 0.3) is 5.88 Å². The van der Waals surface area contributed by atoms with Crippen LogP contribution >= 0.6 is 0 Å². The lowest BCUT2D eigenvalue weighted by molar-refractivity contribution is -0.386. The van der Waals surface area contributed by atoms with Crippen LogP contribution in [0.2, 0.25) is 0 Å². The predicted molar refractivity (Wildman–Crippen MR) is 75.7 cm³/mol. The summed E-state index contributed by atoms with van der Waals surface area (Å²) in [6.45, 7) is 12.4. The summed E-state index contributed by atoms with van der Waals surface area (Å²) in [5.41, 5.74) is 4.87. The van der Waals surface area contributed by atoms with Gasteiger partial charge in [-0.15, -0.1) is 4.68 Å². The van der Waals surface area contributed by atoms with Crippen molar-refractivity contribution >= 4 is 5.69 Å². The molecule has 1 heterocycles. The van der Waals surface area contributed by atoms with Gasteiger partial charge in [0.05, 0.1) is 11.5 Å². The first-order chi connectivity index (χ1) is 9.77. The molecule has 2 rings (SSSR count). The second-order valence-corrected chi connectivity index (χ2v) is 5.83. The summed E-state index contributed by atoms with van der Waals surface area (Å²) >= 11 is 0. The first kappa shape index (κ1) is 15.3. The van der Waals surface area contributed by atoms with Crippen molar-refractivity contribution in [3.63, 3.8) is 0 Å². The van der Waals surface area contributed by atoms with Crippen molar-refractivity contribution in [2.24, 2.45) is 11.7 Å². The van der Waals surface area contributed by atoms with E-state index in [9.17, 15) is 10.1 Å². The number of aromatic nitrogens is 2. The molecule has 1 fully saturated rings. The maximum atomic E-state index is 11.2. The first-order valence-corrected chi connectivity index (χ1v) is 6.79. The van der Waals surface area contributed by atoms with Crippen LogP contribution in [0.1, 0.15) is 32.4 Å². The van der Waals surface area contributed by atoms with E-state index in [1.807, 2.05) is 0 Å². The van der Waals surface area contributed by atoms with Crippen LogP contribution in [0, 0.1) is 29.5 Å². The molecule has 0 bridgehead atoms. The van der Waals surface area contributed by atoms with Gasteiger partial charge in [0, 0.05) is 25.8 Å². The van der Waals surface area contributed by atoms with E-state index in [1.54, 1.807) is 13.8 Å². The molecule has 2 N–H and O–H groups in total. The van der Waals surface area contributed by atoms with Crippen LogP contribution in [0.25, 0.3) is 4.85 Å². The Labute approximate surface area is 122 Å². The highest BCUT2D eigenvalue weighted by Gasteiger charge is 2.39. The smallest absolute Gasteiger partial charge is 0.353 e. The standard InChI is InChI=1S/C13H19N5O3/c1-8-11(18(19)20)12(17(16-8)13(2,3)15-4)21-7-9-5-6-10(9)14/h9-10H,5-7,14H2,1-3H3/t9-,10+/m0/s1. The molecule has 0 radical (unpaired) electrons. The van der Waals surface area contributed by atoms with E-state index in [0.29, 0.717) is 6.61 Å². The lowest BCUT2D eigenvalue weighted by atomic mass is 9.81. The van der Waals surface area contributed by atoms with Gasteiger partial charge in [-0.1, -0.05) is 0 Å². The lowest BCUT2D eigenvalue weighted by Crippen LogP contribution is -2.42. The van der Waals surface area contributed by atoms with Gasteiger partial charge in [-0.2, -0.15) is 5.10 Å². The van der Waals surface area contributed by atoms with Crippen molar-refractivity contribution in [3.05, 3.63) is 27.2 Å². The second-order valence-electron chi connectivity index (χ2n) is 5.83. The molecule has 1 aliphatic rings. The third-order valence-corrected chi connectivity index (χ3v) is 3.87. The van der Waals surface area contributed by atoms with E-state index in [-0.39, 0.29) is 29.2 Å². The SMILES string of the molecule is [C-]#[N+]C(C)(C)n1nc(C)c([N+](=O)[O-])c1OC[C@@H]1CC[C@H]1N. The minimum absolute atomic E-state index is 0.0394. The molecule has 1 aromatic rings. The molecule has 8 heteroatoms. The number of nitrogens with two attached hydrogens (primary N) is 1. The molecular formula is C13H19N5O3. The fourth-order valence-corrected chi connectivity index (χ4v) is 2.24. The van der Waals surface area contributed by atoms with E-state index in [0.717, 1.165) is 12.8 Å². The number of rotatable bonds is 5. The Kier molecular flexibility index (Phi) is 3.87. The second kappa shape index (κ2) is 5.33. The molecule has 0 unspecified atom stereocenters. The zero-order chi connectivity index (χ0) is 15.8. The van der Waals surface area contributed by atoms with Crippen LogP contribution in [-0.4, -0.2) is 27.4 Å². The maximum absolute atomic E-state index is 11.2. The molecule has 1 aliphatic carbocycles. The van der Waals surface area contributed by atoms with Gasteiger partial charge in [-0.3, -0.25) is 15.0 Å². The molecule has 1 aromatic heterocycles. The number of nitrogens with zero attached hydrogens (tertiary/aromatic N) is 4. The lowest BCUT2D eigenvalue weighted by Gasteiger charge is -2.33. The summed E-state index contributed by atoms with van der Waals surface area (Å²) < 4.78 is 6.94. The highest BCUT2D eigenvalue weighted by atomic mass is 16.6. The predicted octanol–water partition coefficient (Wildman–Crippen LogP) is 1.83. The van der Waals surface area contributed by atoms with E-state index < -0.39 is 10.6 Å². The number of aryl methyl sites for hydroxylation is 1. The zero-order valence-corrected chi connectivity index (χ0v) is 12.4. The third kappa shape index (κ3) is 2.69. The third-order valence-electron chi connectivity index (χ3n) is 3.87. The van der Waals surface area contributed by atoms with Crippen LogP contribution < -0.4 is 10.5 Å². The van der Waals surface area contributed by atoms with Crippen LogP contribution in [0.3, 0.4) is 0 Å². The maximum Gasteiger partial charge on any atom is 0.353 e. The molecule has 1 saturated carbocycles. The van der Waals surface area contributed by atoms with Gasteiger partial charge >= 0.3 is 11.4 Å². The first-order valence-electron chi connectivity index (χ1n) is 6.79. The quantitative estimate of drug-likeness (QED) is 0.507. The van der Waals surface area contributed by atoms with Crippen molar-refractivity contribution in [1.29, 1.82) is 0 Å². The van der Waals surface area contributed by atoms with Crippen molar-refractivity contribution in [2.45, 2.75) is 45.3 Å². The number of hydrogen-bond donors (Lipinski definition) is 1. The molecule has 0 saturated heterocycles. The van der Waals surface area contributed by atoms with E-state index in [4.69, 9.17) is 17.0 Å². The minimum atomic E-state index is -1.05. The number of hydrogen-bond acceptors (Lipinski definition) is 5. The fraction of sp³-hybridized carbons (Fsp3) is 0.692. The molecule has 0 amide bonds. The Hall–Kier alpha value is -2.14. The Morgan fingerprint density at radius 1 is 1.62 bits per heavy atom. The molecule has 8 nitrogen and oxygen atoms in total. The van der Waals surface area contributed by atoms with Gasteiger partial charge in [0.1, 0.15) is 5.69 Å². The van der Waals surface area contributed by atoms with Crippen LogP contribution in [0.4, 0.5) is 5.69 Å². The molecule has 114 valence electrons. The Morgan fingerprint density at radius 3 is 2.71 bits per heavy atom. The average molecular weight is 293 g/mol. The van der Waals surface area contributed by atoms with E-state index in [2.05, 4.69) is 9.94 Å². The van der Waals surface area contributed by atoms with Crippen LogP contribution in [-0.2, 0) is 5.66 Å². The summed E-state index contributed by atoms with van der Waals surface area (Å²) in [6, 6.07) is 0.0791. The van der Waals surface area contributed by atoms with Crippen LogP contribution in [0.15, 0.2) is 0 Å². The van der Waals surface area contributed by atoms with Crippen molar-refractivity contribution in [2.75, 3.05) is 6.61 Å². The molecule has 0 aromatic carbocycles. The Balaban J connectivity index is 2.35. The topological polar surface area (TPSA) is 101 Å².